The van der Waals surface area contributed by atoms with Gasteiger partial charge < -0.3 is 10.1 Å². The highest BCUT2D eigenvalue weighted by Gasteiger charge is 2.34. The van der Waals surface area contributed by atoms with Crippen LogP contribution in [0, 0.1) is 0 Å². The fourth-order valence-corrected chi connectivity index (χ4v) is 3.96. The van der Waals surface area contributed by atoms with E-state index >= 15 is 0 Å². The number of rotatable bonds is 9. The van der Waals surface area contributed by atoms with Crippen molar-refractivity contribution in [1.82, 2.24) is 5.32 Å². The van der Waals surface area contributed by atoms with Crippen molar-refractivity contribution in [3.63, 3.8) is 0 Å². The zero-order chi connectivity index (χ0) is 23.2. The maximum Gasteiger partial charge on any atom is 0.417 e. The Hall–Kier alpha value is -2.46. The minimum Gasteiger partial charge on any atom is -0.496 e. The Bertz CT molecular complexity index is 1030. The van der Waals surface area contributed by atoms with Crippen LogP contribution in [0.1, 0.15) is 17.5 Å². The molecule has 1 N–H and O–H groups in total. The van der Waals surface area contributed by atoms with Gasteiger partial charge in [-0.15, -0.1) is 0 Å². The van der Waals surface area contributed by atoms with Crippen molar-refractivity contribution < 1.29 is 31.1 Å². The van der Waals surface area contributed by atoms with Crippen LogP contribution >= 0.6 is 11.6 Å². The molecule has 0 bridgehead atoms. The van der Waals surface area contributed by atoms with Crippen LogP contribution in [0.25, 0.3) is 0 Å². The average molecular weight is 479 g/mol. The molecule has 170 valence electrons. The molecule has 0 saturated heterocycles. The van der Waals surface area contributed by atoms with Gasteiger partial charge in [-0.05, 0) is 42.7 Å². The van der Waals surface area contributed by atoms with Crippen molar-refractivity contribution in [2.24, 2.45) is 0 Å². The van der Waals surface area contributed by atoms with Crippen LogP contribution in [-0.4, -0.2) is 40.8 Å². The number of nitrogens with one attached hydrogen (secondary N) is 1. The fourth-order valence-electron chi connectivity index (χ4n) is 2.89. The molecule has 1 amide bonds. The van der Waals surface area contributed by atoms with Crippen LogP contribution in [0.5, 0.6) is 5.75 Å². The highest BCUT2D eigenvalue weighted by atomic mass is 35.5. The number of ether oxygens (including phenoxy) is 1. The van der Waals surface area contributed by atoms with E-state index in [1.165, 1.54) is 0 Å². The topological polar surface area (TPSA) is 75.7 Å². The van der Waals surface area contributed by atoms with E-state index in [-0.39, 0.29) is 12.2 Å². The number of carbonyl (C=O) groups excluding carboxylic acids is 1. The number of halogens is 4. The maximum absolute atomic E-state index is 13.1. The van der Waals surface area contributed by atoms with Crippen molar-refractivity contribution in [1.29, 1.82) is 0 Å². The zero-order valence-electron chi connectivity index (χ0n) is 16.9. The van der Waals surface area contributed by atoms with E-state index in [2.05, 4.69) is 5.32 Å². The van der Waals surface area contributed by atoms with E-state index in [1.807, 2.05) is 24.3 Å². The maximum atomic E-state index is 13.1. The molecule has 11 heteroatoms. The molecule has 0 spiro atoms. The monoisotopic (exact) mass is 478 g/mol. The lowest BCUT2D eigenvalue weighted by Gasteiger charge is -2.23. The Morgan fingerprint density at radius 3 is 2.48 bits per heavy atom. The molecule has 0 aliphatic rings. The second kappa shape index (κ2) is 10.2. The van der Waals surface area contributed by atoms with Gasteiger partial charge in [-0.2, -0.15) is 13.2 Å². The standard InChI is InChI=1S/C20H22ClF3N2O4S/c1-30-18-8-4-3-6-14(18)7-5-11-25-19(27)13-26(31(2,28)29)15-9-10-17(21)16(12-15)20(22,23)24/h3-4,6,8-10,12H,5,7,11,13H2,1-2H3,(H,25,27). The third-order valence-corrected chi connectivity index (χ3v) is 5.84. The van der Waals surface area contributed by atoms with Crippen LogP contribution in [0.4, 0.5) is 18.9 Å². The van der Waals surface area contributed by atoms with E-state index < -0.39 is 39.2 Å². The van der Waals surface area contributed by atoms with Gasteiger partial charge in [0.25, 0.3) is 0 Å². The number of anilines is 1. The molecule has 0 heterocycles. The van der Waals surface area contributed by atoms with Crippen molar-refractivity contribution in [2.75, 3.05) is 30.8 Å². The highest BCUT2D eigenvalue weighted by Crippen LogP contribution is 2.37. The Kier molecular flexibility index (Phi) is 8.19. The smallest absolute Gasteiger partial charge is 0.417 e. The summed E-state index contributed by atoms with van der Waals surface area (Å²) in [5.41, 5.74) is -0.529. The normalized spacial score (nSPS) is 11.8. The number of para-hydroxylation sites is 1. The second-order valence-corrected chi connectivity index (χ2v) is 9.01. The SMILES string of the molecule is COc1ccccc1CCCNC(=O)CN(c1ccc(Cl)c(C(F)(F)F)c1)S(C)(=O)=O. The van der Waals surface area contributed by atoms with E-state index in [0.29, 0.717) is 23.2 Å². The Morgan fingerprint density at radius 1 is 1.19 bits per heavy atom. The summed E-state index contributed by atoms with van der Waals surface area (Å²) >= 11 is 5.59. The fraction of sp³-hybridized carbons (Fsp3) is 0.350. The number of sulfonamides is 1. The van der Waals surface area contributed by atoms with Crippen molar-refractivity contribution in [2.45, 2.75) is 19.0 Å². The number of methoxy groups -OCH3 is 1. The number of nitrogens with zero attached hydrogens (tertiary/aromatic N) is 1. The number of amides is 1. The predicted octanol–water partition coefficient (Wildman–Crippen LogP) is 3.88. The molecule has 0 unspecified atom stereocenters. The quantitative estimate of drug-likeness (QED) is 0.555. The number of carbonyl (C=O) groups is 1. The molecule has 0 aliphatic carbocycles. The van der Waals surface area contributed by atoms with Gasteiger partial charge in [0.05, 0.1) is 29.6 Å². The van der Waals surface area contributed by atoms with E-state index in [9.17, 15) is 26.4 Å². The number of aryl methyl sites for hydroxylation is 1. The van der Waals surface area contributed by atoms with Crippen molar-refractivity contribution in [3.05, 3.63) is 58.6 Å². The van der Waals surface area contributed by atoms with Crippen molar-refractivity contribution >= 4 is 33.2 Å². The minimum absolute atomic E-state index is 0.253. The first-order valence-corrected chi connectivity index (χ1v) is 11.4. The van der Waals surface area contributed by atoms with Gasteiger partial charge in [-0.25, -0.2) is 8.42 Å². The first-order valence-electron chi connectivity index (χ1n) is 9.16. The Balaban J connectivity index is 2.04. The molecular formula is C20H22ClF3N2O4S. The van der Waals surface area contributed by atoms with Crippen LogP contribution in [0.2, 0.25) is 5.02 Å². The van der Waals surface area contributed by atoms with E-state index in [0.717, 1.165) is 29.7 Å². The molecule has 0 aromatic heterocycles. The number of benzene rings is 2. The molecule has 0 aliphatic heterocycles. The third kappa shape index (κ3) is 7.03. The first kappa shape index (κ1) is 24.8. The van der Waals surface area contributed by atoms with E-state index in [4.69, 9.17) is 16.3 Å². The molecule has 31 heavy (non-hydrogen) atoms. The van der Waals surface area contributed by atoms with Crippen LogP contribution in [0.15, 0.2) is 42.5 Å². The van der Waals surface area contributed by atoms with Gasteiger partial charge in [0, 0.05) is 6.54 Å². The predicted molar refractivity (Wildman–Crippen MR) is 113 cm³/mol. The number of alkyl halides is 3. The Morgan fingerprint density at radius 2 is 1.87 bits per heavy atom. The molecule has 0 fully saturated rings. The van der Waals surface area contributed by atoms with Crippen molar-refractivity contribution in [3.8, 4) is 5.75 Å². The molecule has 2 rings (SSSR count). The zero-order valence-corrected chi connectivity index (χ0v) is 18.4. The molecule has 6 nitrogen and oxygen atoms in total. The van der Waals surface area contributed by atoms with Crippen LogP contribution in [-0.2, 0) is 27.4 Å². The van der Waals surface area contributed by atoms with Crippen LogP contribution < -0.4 is 14.4 Å². The first-order chi connectivity index (χ1) is 14.4. The van der Waals surface area contributed by atoms with E-state index in [1.54, 1.807) is 7.11 Å². The molecule has 2 aromatic rings. The molecule has 0 radical (unpaired) electrons. The Labute approximate surface area is 184 Å². The summed E-state index contributed by atoms with van der Waals surface area (Å²) in [4.78, 5) is 12.3. The summed E-state index contributed by atoms with van der Waals surface area (Å²) in [7, 11) is -2.47. The van der Waals surface area contributed by atoms with Gasteiger partial charge in [0.2, 0.25) is 15.9 Å². The molecule has 0 atom stereocenters. The second-order valence-electron chi connectivity index (χ2n) is 6.70. The number of hydrogen-bond donors (Lipinski definition) is 1. The van der Waals surface area contributed by atoms with Gasteiger partial charge in [-0.3, -0.25) is 9.10 Å². The molecule has 2 aromatic carbocycles. The summed E-state index contributed by atoms with van der Waals surface area (Å²) in [5, 5.41) is 2.02. The summed E-state index contributed by atoms with van der Waals surface area (Å²) < 4.78 is 69.4. The lowest BCUT2D eigenvalue weighted by atomic mass is 10.1. The molecular weight excluding hydrogens is 457 g/mol. The number of hydrogen-bond acceptors (Lipinski definition) is 4. The van der Waals surface area contributed by atoms with Gasteiger partial charge in [0.15, 0.2) is 0 Å². The van der Waals surface area contributed by atoms with Gasteiger partial charge in [-0.1, -0.05) is 29.8 Å². The largest absolute Gasteiger partial charge is 0.496 e. The van der Waals surface area contributed by atoms with Gasteiger partial charge >= 0.3 is 6.18 Å². The lowest BCUT2D eigenvalue weighted by molar-refractivity contribution is -0.137. The summed E-state index contributed by atoms with van der Waals surface area (Å²) in [6.45, 7) is -0.407. The third-order valence-electron chi connectivity index (χ3n) is 4.37. The minimum atomic E-state index is -4.77. The summed E-state index contributed by atoms with van der Waals surface area (Å²) in [6, 6.07) is 10.1. The summed E-state index contributed by atoms with van der Waals surface area (Å²) in [5.74, 6) is 0.0780. The van der Waals surface area contributed by atoms with Crippen LogP contribution in [0.3, 0.4) is 0 Å². The summed E-state index contributed by atoms with van der Waals surface area (Å²) in [6.07, 6.45) is -2.78. The van der Waals surface area contributed by atoms with Gasteiger partial charge in [0.1, 0.15) is 12.3 Å². The average Bonchev–Trinajstić information content (AvgIpc) is 2.68. The lowest BCUT2D eigenvalue weighted by Crippen LogP contribution is -2.40. The highest BCUT2D eigenvalue weighted by molar-refractivity contribution is 7.92. The molecule has 0 saturated carbocycles.